The molecule has 0 bridgehead atoms. The van der Waals surface area contributed by atoms with Gasteiger partial charge in [-0.3, -0.25) is 10.2 Å². The largest absolute Gasteiger partial charge is 0.391 e. The first-order valence-electron chi connectivity index (χ1n) is 9.52. The van der Waals surface area contributed by atoms with Gasteiger partial charge >= 0.3 is 0 Å². The van der Waals surface area contributed by atoms with E-state index in [-0.39, 0.29) is 47.1 Å². The van der Waals surface area contributed by atoms with Gasteiger partial charge in [-0.25, -0.2) is 18.3 Å². The summed E-state index contributed by atoms with van der Waals surface area (Å²) in [6.45, 7) is 1.57. The molecule has 0 fully saturated rings. The highest BCUT2D eigenvalue weighted by atomic mass is 32.2. The van der Waals surface area contributed by atoms with Crippen LogP contribution in [0.2, 0.25) is 0 Å². The maximum absolute atomic E-state index is 13.6. The van der Waals surface area contributed by atoms with Crippen LogP contribution in [0.25, 0.3) is 11.2 Å². The molecule has 2 atom stereocenters. The van der Waals surface area contributed by atoms with E-state index in [0.717, 1.165) is 3.97 Å². The highest BCUT2D eigenvalue weighted by Gasteiger charge is 2.24. The Morgan fingerprint density at radius 1 is 1.41 bits per heavy atom. The number of amides is 1. The number of nitrogens with zero attached hydrogens (tertiary/aromatic N) is 3. The molecule has 2 heterocycles. The van der Waals surface area contributed by atoms with E-state index in [1.807, 2.05) is 0 Å². The van der Waals surface area contributed by atoms with Gasteiger partial charge in [0.2, 0.25) is 0 Å². The molecule has 2 unspecified atom stereocenters. The van der Waals surface area contributed by atoms with Crippen LogP contribution in [0.4, 0.5) is 14.0 Å². The van der Waals surface area contributed by atoms with Gasteiger partial charge in [0, 0.05) is 31.6 Å². The van der Waals surface area contributed by atoms with E-state index < -0.39 is 23.9 Å². The minimum atomic E-state index is -0.893. The molecule has 0 spiro atoms. The maximum Gasteiger partial charge on any atom is 0.255 e. The molecule has 170 valence electrons. The van der Waals surface area contributed by atoms with Crippen LogP contribution in [0, 0.1) is 11.2 Å². The predicted octanol–water partition coefficient (Wildman–Crippen LogP) is 2.53. The van der Waals surface area contributed by atoms with Crippen LogP contribution in [0.5, 0.6) is 0 Å². The molecule has 9 nitrogen and oxygen atoms in total. The molecule has 0 saturated carbocycles. The lowest BCUT2D eigenvalue weighted by atomic mass is 10.1. The number of methoxy groups -OCH3 is 1. The van der Waals surface area contributed by atoms with Crippen molar-refractivity contribution in [3.8, 4) is 0 Å². The summed E-state index contributed by atoms with van der Waals surface area (Å²) < 4.78 is 33.0. The Balaban J connectivity index is 2.04. The number of carbonyl (C=O) groups is 1. The lowest BCUT2D eigenvalue weighted by Crippen LogP contribution is -2.45. The topological polar surface area (TPSA) is 125 Å². The monoisotopic (exact) mass is 464 g/mol. The molecule has 2 aromatic heterocycles. The van der Waals surface area contributed by atoms with Gasteiger partial charge in [0.25, 0.3) is 5.91 Å². The van der Waals surface area contributed by atoms with Crippen LogP contribution in [-0.4, -0.2) is 63.6 Å². The second-order valence-electron chi connectivity index (χ2n) is 6.96. The summed E-state index contributed by atoms with van der Waals surface area (Å²) in [6, 6.07) is 3.20. The number of halogens is 2. The Morgan fingerprint density at radius 2 is 2.16 bits per heavy atom. The quantitative estimate of drug-likeness (QED) is 0.359. The number of aliphatic hydroxyl groups is 1. The summed E-state index contributed by atoms with van der Waals surface area (Å²) in [5, 5.41) is 23.8. The first kappa shape index (κ1) is 23.6. The number of fused-ring (bicyclic) bond motifs is 1. The fourth-order valence-corrected chi connectivity index (χ4v) is 3.45. The third kappa shape index (κ3) is 4.71. The number of rotatable bonds is 9. The minimum absolute atomic E-state index is 0.0157. The van der Waals surface area contributed by atoms with Crippen molar-refractivity contribution in [2.45, 2.75) is 19.1 Å². The Labute approximate surface area is 187 Å². The highest BCUT2D eigenvalue weighted by molar-refractivity contribution is 7.92. The second kappa shape index (κ2) is 10.0. The number of aromatic nitrogens is 3. The Bertz CT molecular complexity index is 1150. The van der Waals surface area contributed by atoms with Crippen LogP contribution in [-0.2, 0) is 4.74 Å². The van der Waals surface area contributed by atoms with Crippen molar-refractivity contribution in [3.05, 3.63) is 53.2 Å². The van der Waals surface area contributed by atoms with Crippen molar-refractivity contribution in [1.82, 2.24) is 19.3 Å². The van der Waals surface area contributed by atoms with Gasteiger partial charge in [-0.05, 0) is 25.1 Å². The van der Waals surface area contributed by atoms with Crippen molar-refractivity contribution in [1.29, 1.82) is 5.41 Å². The fourth-order valence-electron chi connectivity index (χ4n) is 3.11. The number of ether oxygens (including phenoxy) is 1. The van der Waals surface area contributed by atoms with Gasteiger partial charge in [-0.1, -0.05) is 0 Å². The van der Waals surface area contributed by atoms with E-state index >= 15 is 0 Å². The van der Waals surface area contributed by atoms with Crippen LogP contribution in [0.15, 0.2) is 30.6 Å². The molecule has 0 saturated heterocycles. The molecule has 0 aliphatic rings. The minimum Gasteiger partial charge on any atom is -0.391 e. The van der Waals surface area contributed by atoms with Gasteiger partial charge in [0.1, 0.15) is 17.0 Å². The van der Waals surface area contributed by atoms with E-state index in [2.05, 4.69) is 20.6 Å². The molecule has 0 aliphatic heterocycles. The van der Waals surface area contributed by atoms with E-state index in [4.69, 9.17) is 10.1 Å². The summed E-state index contributed by atoms with van der Waals surface area (Å²) >= 11 is -0.155. The summed E-state index contributed by atoms with van der Waals surface area (Å²) in [5.74, 6) is -1.08. The molecular weight excluding hydrogens is 442 g/mol. The van der Waals surface area contributed by atoms with Gasteiger partial charge in [0.15, 0.2) is 18.0 Å². The highest BCUT2D eigenvalue weighted by Crippen LogP contribution is 2.25. The van der Waals surface area contributed by atoms with Crippen molar-refractivity contribution in [2.75, 3.05) is 26.1 Å². The molecule has 12 heteroatoms. The molecule has 4 N–H and O–H groups in total. The number of carbonyl (C=O) groups excluding carboxylic acids is 1. The number of anilines is 1. The van der Waals surface area contributed by atoms with E-state index in [1.54, 1.807) is 7.05 Å². The Hall–Kier alpha value is -3.09. The van der Waals surface area contributed by atoms with E-state index in [0.29, 0.717) is 11.3 Å². The van der Waals surface area contributed by atoms with Crippen LogP contribution >= 0.6 is 12.3 Å². The maximum atomic E-state index is 13.6. The first-order valence-corrected chi connectivity index (χ1v) is 10.2. The van der Waals surface area contributed by atoms with E-state index in [1.165, 1.54) is 44.6 Å². The molecule has 3 aromatic rings. The molecule has 32 heavy (non-hydrogen) atoms. The van der Waals surface area contributed by atoms with Crippen molar-refractivity contribution >= 4 is 40.8 Å². The normalized spacial score (nSPS) is 13.1. The number of benzene rings is 1. The summed E-state index contributed by atoms with van der Waals surface area (Å²) in [4.78, 5) is 21.4. The zero-order chi connectivity index (χ0) is 23.4. The first-order chi connectivity index (χ1) is 15.3. The van der Waals surface area contributed by atoms with Crippen LogP contribution in [0.3, 0.4) is 0 Å². The SMILES string of the molecule is CNc1cc(F)ccc1C(=N)c1cnc2c(n1)c(C(=O)NC(COC)C(C)O)cn2SF. The number of hydrogen-bond acceptors (Lipinski definition) is 8. The van der Waals surface area contributed by atoms with Gasteiger partial charge in [-0.15, -0.1) is 3.89 Å². The molecule has 1 amide bonds. The van der Waals surface area contributed by atoms with Gasteiger partial charge in [0.05, 0.1) is 36.2 Å². The third-order valence-corrected chi connectivity index (χ3v) is 5.23. The van der Waals surface area contributed by atoms with Gasteiger partial charge < -0.3 is 20.5 Å². The van der Waals surface area contributed by atoms with Crippen LogP contribution in [0.1, 0.15) is 28.5 Å². The Kier molecular flexibility index (Phi) is 7.38. The fraction of sp³-hybridized carbons (Fsp3) is 0.300. The standard InChI is InChI=1S/C20H22F2N6O3S/c1-10(29)16(9-31-3)27-20(30)13-8-28(32-22)19-18(13)26-15(7-25-19)17(23)12-5-4-11(21)6-14(12)24-2/h4-8,10,16,23-24,29H,9H2,1-3H3,(H,27,30). The summed E-state index contributed by atoms with van der Waals surface area (Å²) in [7, 11) is 3.03. The van der Waals surface area contributed by atoms with Gasteiger partial charge in [-0.2, -0.15) is 0 Å². The average Bonchev–Trinajstić information content (AvgIpc) is 3.16. The molecule has 0 aliphatic carbocycles. The third-order valence-electron chi connectivity index (χ3n) is 4.80. The number of nitrogens with one attached hydrogen (secondary N) is 3. The number of hydrogen-bond donors (Lipinski definition) is 4. The van der Waals surface area contributed by atoms with E-state index in [9.17, 15) is 18.2 Å². The molecular formula is C20H22F2N6O3S. The Morgan fingerprint density at radius 3 is 2.78 bits per heavy atom. The lowest BCUT2D eigenvalue weighted by Gasteiger charge is -2.20. The van der Waals surface area contributed by atoms with Crippen molar-refractivity contribution in [2.24, 2.45) is 0 Å². The number of aliphatic hydroxyl groups excluding tert-OH is 1. The van der Waals surface area contributed by atoms with Crippen LogP contribution < -0.4 is 10.6 Å². The summed E-state index contributed by atoms with van der Waals surface area (Å²) in [6.07, 6.45) is 1.63. The summed E-state index contributed by atoms with van der Waals surface area (Å²) in [5.41, 5.74) is 0.990. The predicted molar refractivity (Wildman–Crippen MR) is 118 cm³/mol. The van der Waals surface area contributed by atoms with Crippen molar-refractivity contribution < 1.29 is 22.9 Å². The average molecular weight is 464 g/mol. The molecule has 3 rings (SSSR count). The smallest absolute Gasteiger partial charge is 0.255 e. The second-order valence-corrected chi connectivity index (χ2v) is 7.49. The molecule has 0 radical (unpaired) electrons. The zero-order valence-electron chi connectivity index (χ0n) is 17.5. The zero-order valence-corrected chi connectivity index (χ0v) is 18.3. The lowest BCUT2D eigenvalue weighted by molar-refractivity contribution is 0.0663. The van der Waals surface area contributed by atoms with Crippen molar-refractivity contribution in [3.63, 3.8) is 0 Å². The molecule has 1 aromatic carbocycles.